The molecular formula is C12H25NO4. The van der Waals surface area contributed by atoms with Crippen molar-refractivity contribution < 1.29 is 18.9 Å². The minimum Gasteiger partial charge on any atom is -0.382 e. The van der Waals surface area contributed by atoms with Crippen LogP contribution in [0.25, 0.3) is 0 Å². The molecule has 5 heteroatoms. The maximum atomic E-state index is 5.63. The van der Waals surface area contributed by atoms with Crippen LogP contribution in [-0.4, -0.2) is 65.9 Å². The second-order valence-corrected chi connectivity index (χ2v) is 4.17. The molecular weight excluding hydrogens is 222 g/mol. The van der Waals surface area contributed by atoms with Crippen LogP contribution in [0.5, 0.6) is 0 Å². The summed E-state index contributed by atoms with van der Waals surface area (Å²) in [4.78, 5) is 0. The van der Waals surface area contributed by atoms with E-state index in [4.69, 9.17) is 18.9 Å². The molecule has 0 unspecified atom stereocenters. The topological polar surface area (TPSA) is 49.0 Å². The van der Waals surface area contributed by atoms with Crippen molar-refractivity contribution in [1.82, 2.24) is 5.32 Å². The van der Waals surface area contributed by atoms with Crippen LogP contribution in [0.3, 0.4) is 0 Å². The van der Waals surface area contributed by atoms with Crippen molar-refractivity contribution >= 4 is 0 Å². The van der Waals surface area contributed by atoms with Gasteiger partial charge in [0, 0.05) is 13.2 Å². The Balaban J connectivity index is 1.71. The van der Waals surface area contributed by atoms with Crippen molar-refractivity contribution in [1.29, 1.82) is 0 Å². The Bertz CT molecular complexity index is 174. The Hall–Kier alpha value is -0.200. The first kappa shape index (κ1) is 14.9. The molecule has 0 aromatic carbocycles. The van der Waals surface area contributed by atoms with Gasteiger partial charge in [-0.1, -0.05) is 0 Å². The van der Waals surface area contributed by atoms with Crippen molar-refractivity contribution in [3.05, 3.63) is 0 Å². The van der Waals surface area contributed by atoms with Crippen molar-refractivity contribution in [2.24, 2.45) is 0 Å². The van der Waals surface area contributed by atoms with Crippen molar-refractivity contribution in [2.75, 3.05) is 53.8 Å². The summed E-state index contributed by atoms with van der Waals surface area (Å²) in [6.07, 6.45) is 2.67. The number of ether oxygens (including phenoxy) is 4. The van der Waals surface area contributed by atoms with Crippen LogP contribution < -0.4 is 5.32 Å². The summed E-state index contributed by atoms with van der Waals surface area (Å²) >= 11 is 0. The Morgan fingerprint density at radius 1 is 0.941 bits per heavy atom. The molecule has 1 aliphatic carbocycles. The minimum absolute atomic E-state index is 0.425. The summed E-state index contributed by atoms with van der Waals surface area (Å²) in [5.74, 6) is 0. The molecule has 102 valence electrons. The summed E-state index contributed by atoms with van der Waals surface area (Å²) in [5, 5.41) is 3.23. The summed E-state index contributed by atoms with van der Waals surface area (Å²) < 4.78 is 21.1. The van der Waals surface area contributed by atoms with E-state index in [1.165, 1.54) is 0 Å². The predicted molar refractivity (Wildman–Crippen MR) is 65.3 cm³/mol. The summed E-state index contributed by atoms with van der Waals surface area (Å²) in [6.45, 7) is 3.83. The molecule has 1 rings (SSSR count). The SMILES string of the molecule is CNC1CC(OCCOCCOCCOC)C1. The van der Waals surface area contributed by atoms with Gasteiger partial charge in [0.15, 0.2) is 0 Å². The Labute approximate surface area is 104 Å². The zero-order chi connectivity index (χ0) is 12.3. The highest BCUT2D eigenvalue weighted by Crippen LogP contribution is 2.22. The molecule has 1 fully saturated rings. The number of nitrogens with one attached hydrogen (secondary N) is 1. The van der Waals surface area contributed by atoms with Gasteiger partial charge < -0.3 is 24.3 Å². The zero-order valence-electron chi connectivity index (χ0n) is 10.9. The zero-order valence-corrected chi connectivity index (χ0v) is 10.9. The van der Waals surface area contributed by atoms with Gasteiger partial charge >= 0.3 is 0 Å². The molecule has 0 aromatic heterocycles. The molecule has 0 atom stereocenters. The van der Waals surface area contributed by atoms with Crippen molar-refractivity contribution in [3.8, 4) is 0 Å². The lowest BCUT2D eigenvalue weighted by molar-refractivity contribution is -0.0483. The van der Waals surface area contributed by atoms with Gasteiger partial charge in [-0.2, -0.15) is 0 Å². The number of hydrogen-bond acceptors (Lipinski definition) is 5. The molecule has 1 N–H and O–H groups in total. The van der Waals surface area contributed by atoms with Crippen LogP contribution in [0, 0.1) is 0 Å². The van der Waals surface area contributed by atoms with Crippen molar-refractivity contribution in [3.63, 3.8) is 0 Å². The summed E-state index contributed by atoms with van der Waals surface area (Å²) in [5.41, 5.74) is 0. The molecule has 1 saturated carbocycles. The Morgan fingerprint density at radius 2 is 1.53 bits per heavy atom. The van der Waals surface area contributed by atoms with Crippen LogP contribution in [0.15, 0.2) is 0 Å². The normalized spacial score (nSPS) is 23.6. The van der Waals surface area contributed by atoms with Crippen LogP contribution in [0.2, 0.25) is 0 Å². The molecule has 0 radical (unpaired) electrons. The molecule has 0 heterocycles. The van der Waals surface area contributed by atoms with Crippen LogP contribution in [0.1, 0.15) is 12.8 Å². The first-order valence-corrected chi connectivity index (χ1v) is 6.30. The molecule has 5 nitrogen and oxygen atoms in total. The van der Waals surface area contributed by atoms with Gasteiger partial charge in [-0.05, 0) is 19.9 Å². The standard InChI is InChI=1S/C12H25NO4/c1-13-11-9-12(10-11)17-8-7-16-6-5-15-4-3-14-2/h11-13H,3-10H2,1-2H3. The van der Waals surface area contributed by atoms with E-state index >= 15 is 0 Å². The van der Waals surface area contributed by atoms with E-state index in [2.05, 4.69) is 5.32 Å². The lowest BCUT2D eigenvalue weighted by Gasteiger charge is -2.34. The maximum Gasteiger partial charge on any atom is 0.0704 e. The third-order valence-electron chi connectivity index (χ3n) is 2.89. The average molecular weight is 247 g/mol. The van der Waals surface area contributed by atoms with E-state index < -0.39 is 0 Å². The Morgan fingerprint density at radius 3 is 2.12 bits per heavy atom. The first-order valence-electron chi connectivity index (χ1n) is 6.30. The number of rotatable bonds is 11. The van der Waals surface area contributed by atoms with Gasteiger partial charge in [0.05, 0.1) is 45.7 Å². The van der Waals surface area contributed by atoms with Gasteiger partial charge in [-0.15, -0.1) is 0 Å². The van der Waals surface area contributed by atoms with Crippen LogP contribution >= 0.6 is 0 Å². The molecule has 17 heavy (non-hydrogen) atoms. The fourth-order valence-electron chi connectivity index (χ4n) is 1.68. The van der Waals surface area contributed by atoms with Crippen molar-refractivity contribution in [2.45, 2.75) is 25.0 Å². The highest BCUT2D eigenvalue weighted by Gasteiger charge is 2.27. The highest BCUT2D eigenvalue weighted by atomic mass is 16.6. The molecule has 0 aromatic rings. The van der Waals surface area contributed by atoms with E-state index in [0.717, 1.165) is 12.8 Å². The highest BCUT2D eigenvalue weighted by molar-refractivity contribution is 4.84. The van der Waals surface area contributed by atoms with E-state index in [0.29, 0.717) is 51.8 Å². The van der Waals surface area contributed by atoms with Gasteiger partial charge in [0.2, 0.25) is 0 Å². The largest absolute Gasteiger partial charge is 0.382 e. The Kier molecular flexibility index (Phi) is 8.56. The lowest BCUT2D eigenvalue weighted by Crippen LogP contribution is -2.44. The van der Waals surface area contributed by atoms with Gasteiger partial charge in [-0.25, -0.2) is 0 Å². The second-order valence-electron chi connectivity index (χ2n) is 4.17. The number of methoxy groups -OCH3 is 1. The van der Waals surface area contributed by atoms with E-state index in [1.54, 1.807) is 7.11 Å². The minimum atomic E-state index is 0.425. The third-order valence-corrected chi connectivity index (χ3v) is 2.89. The fourth-order valence-corrected chi connectivity index (χ4v) is 1.68. The predicted octanol–water partition coefficient (Wildman–Crippen LogP) is 0.433. The second kappa shape index (κ2) is 9.79. The average Bonchev–Trinajstić information content (AvgIpc) is 2.29. The van der Waals surface area contributed by atoms with Gasteiger partial charge in [0.25, 0.3) is 0 Å². The number of hydrogen-bond donors (Lipinski definition) is 1. The van der Waals surface area contributed by atoms with E-state index in [9.17, 15) is 0 Å². The summed E-state index contributed by atoms with van der Waals surface area (Å²) in [7, 11) is 3.66. The van der Waals surface area contributed by atoms with Crippen LogP contribution in [0.4, 0.5) is 0 Å². The molecule has 0 saturated heterocycles. The first-order chi connectivity index (χ1) is 8.36. The third kappa shape index (κ3) is 6.95. The molecule has 0 amide bonds. The molecule has 1 aliphatic rings. The van der Waals surface area contributed by atoms with Crippen LogP contribution in [-0.2, 0) is 18.9 Å². The quantitative estimate of drug-likeness (QED) is 0.537. The van der Waals surface area contributed by atoms with E-state index in [1.807, 2.05) is 7.05 Å². The molecule has 0 spiro atoms. The molecule has 0 aliphatic heterocycles. The van der Waals surface area contributed by atoms with E-state index in [-0.39, 0.29) is 0 Å². The summed E-state index contributed by atoms with van der Waals surface area (Å²) in [6, 6.07) is 0.648. The smallest absolute Gasteiger partial charge is 0.0704 e. The lowest BCUT2D eigenvalue weighted by atomic mass is 9.89. The maximum absolute atomic E-state index is 5.63. The van der Waals surface area contributed by atoms with Gasteiger partial charge in [0.1, 0.15) is 0 Å². The fraction of sp³-hybridized carbons (Fsp3) is 1.00. The van der Waals surface area contributed by atoms with Gasteiger partial charge in [-0.3, -0.25) is 0 Å². The monoisotopic (exact) mass is 247 g/mol. The molecule has 0 bridgehead atoms.